The molecule has 0 unspecified atom stereocenters. The van der Waals surface area contributed by atoms with E-state index in [1.54, 1.807) is 30.3 Å². The lowest BCUT2D eigenvalue weighted by atomic mass is 10.2. The van der Waals surface area contributed by atoms with Crippen LogP contribution >= 0.6 is 0 Å². The molecule has 1 N–H and O–H groups in total. The molecule has 0 atom stereocenters. The molecular weight excluding hydrogens is 416 g/mol. The molecule has 0 aliphatic carbocycles. The van der Waals surface area contributed by atoms with Gasteiger partial charge in [-0.05, 0) is 30.3 Å². The Bertz CT molecular complexity index is 1480. The molecule has 5 rings (SSSR count). The second-order valence-corrected chi connectivity index (χ2v) is 7.54. The Morgan fingerprint density at radius 3 is 2.53 bits per heavy atom. The first kappa shape index (κ1) is 19.5. The topological polar surface area (TPSA) is 126 Å². The highest BCUT2D eigenvalue weighted by Gasteiger charge is 2.38. The van der Waals surface area contributed by atoms with Crippen LogP contribution in [0.25, 0.3) is 27.7 Å². The number of anilines is 1. The maximum absolute atomic E-state index is 12.6. The number of aromatic nitrogens is 3. The van der Waals surface area contributed by atoms with Crippen molar-refractivity contribution in [2.45, 2.75) is 19.6 Å². The molecule has 0 saturated carbocycles. The quantitative estimate of drug-likeness (QED) is 0.225. The van der Waals surface area contributed by atoms with Crippen molar-refractivity contribution >= 4 is 39.6 Å². The van der Waals surface area contributed by atoms with Crippen LogP contribution in [0.2, 0.25) is 0 Å². The number of para-hydroxylation sites is 1. The second kappa shape index (κ2) is 7.05. The Morgan fingerprint density at radius 2 is 1.75 bits per heavy atom. The fraction of sp³-hybridized carbons (Fsp3) is 0.136. The molecule has 160 valence electrons. The van der Waals surface area contributed by atoms with Crippen molar-refractivity contribution in [1.29, 1.82) is 0 Å². The van der Waals surface area contributed by atoms with Crippen molar-refractivity contribution in [3.05, 3.63) is 70.7 Å². The Labute approximate surface area is 180 Å². The summed E-state index contributed by atoms with van der Waals surface area (Å²) in [6.45, 7) is 2.93. The predicted octanol–water partition coefficient (Wildman–Crippen LogP) is 2.66. The fourth-order valence-electron chi connectivity index (χ4n) is 3.32. The molecular formula is C22H16N4O6. The van der Waals surface area contributed by atoms with Gasteiger partial charge in [0, 0.05) is 37.2 Å². The highest BCUT2D eigenvalue weighted by atomic mass is 16.7. The van der Waals surface area contributed by atoms with Gasteiger partial charge in [-0.1, -0.05) is 17.3 Å². The average molecular weight is 432 g/mol. The molecule has 3 heterocycles. The van der Waals surface area contributed by atoms with Gasteiger partial charge in [-0.15, -0.1) is 5.10 Å². The third-order valence-electron chi connectivity index (χ3n) is 4.80. The number of rotatable bonds is 3. The first-order chi connectivity index (χ1) is 15.3. The van der Waals surface area contributed by atoms with Gasteiger partial charge in [0.2, 0.25) is 0 Å². The van der Waals surface area contributed by atoms with Gasteiger partial charge in [0.1, 0.15) is 11.1 Å². The number of carbonyl (C=O) groups excluding carboxylic acids is 2. The van der Waals surface area contributed by atoms with E-state index in [2.05, 4.69) is 15.6 Å². The van der Waals surface area contributed by atoms with Gasteiger partial charge in [0.15, 0.2) is 11.3 Å². The molecule has 0 radical (unpaired) electrons. The SMILES string of the molecule is CC1(C)OC(=O)C(=CNc2ccc3cc(-n4nnc5ccccc54)c(=O)oc3c2)C(=O)O1. The minimum atomic E-state index is -1.31. The molecule has 0 bridgehead atoms. The van der Waals surface area contributed by atoms with E-state index in [4.69, 9.17) is 13.9 Å². The second-order valence-electron chi connectivity index (χ2n) is 7.54. The van der Waals surface area contributed by atoms with E-state index in [0.29, 0.717) is 27.7 Å². The minimum Gasteiger partial charge on any atom is -0.421 e. The van der Waals surface area contributed by atoms with Gasteiger partial charge in [-0.2, -0.15) is 0 Å². The van der Waals surface area contributed by atoms with Crippen molar-refractivity contribution in [3.8, 4) is 5.69 Å². The molecule has 1 aliphatic heterocycles. The number of benzene rings is 2. The van der Waals surface area contributed by atoms with Crippen molar-refractivity contribution in [3.63, 3.8) is 0 Å². The lowest BCUT2D eigenvalue weighted by Gasteiger charge is -2.29. The van der Waals surface area contributed by atoms with Crippen LogP contribution in [-0.4, -0.2) is 32.7 Å². The monoisotopic (exact) mass is 432 g/mol. The van der Waals surface area contributed by atoms with E-state index in [1.807, 2.05) is 18.2 Å². The summed E-state index contributed by atoms with van der Waals surface area (Å²) in [7, 11) is 0. The molecule has 1 aliphatic rings. The molecule has 0 amide bonds. The molecule has 10 heteroatoms. The van der Waals surface area contributed by atoms with Gasteiger partial charge in [-0.3, -0.25) is 0 Å². The van der Waals surface area contributed by atoms with Gasteiger partial charge in [0.05, 0.1) is 5.52 Å². The van der Waals surface area contributed by atoms with E-state index in [1.165, 1.54) is 24.7 Å². The van der Waals surface area contributed by atoms with Crippen LogP contribution in [0.1, 0.15) is 13.8 Å². The molecule has 2 aromatic heterocycles. The molecule has 1 fully saturated rings. The number of carbonyl (C=O) groups is 2. The van der Waals surface area contributed by atoms with Crippen LogP contribution in [0.4, 0.5) is 5.69 Å². The van der Waals surface area contributed by atoms with Crippen molar-refractivity contribution in [1.82, 2.24) is 15.0 Å². The first-order valence-corrected chi connectivity index (χ1v) is 9.63. The van der Waals surface area contributed by atoms with Crippen molar-refractivity contribution in [2.24, 2.45) is 0 Å². The van der Waals surface area contributed by atoms with E-state index in [9.17, 15) is 14.4 Å². The maximum Gasteiger partial charge on any atom is 0.362 e. The predicted molar refractivity (Wildman–Crippen MR) is 113 cm³/mol. The summed E-state index contributed by atoms with van der Waals surface area (Å²) < 4.78 is 17.0. The highest BCUT2D eigenvalue weighted by Crippen LogP contribution is 2.24. The maximum atomic E-state index is 12.6. The standard InChI is InChI=1S/C22H16N4O6/c1-22(2)31-19(27)14(20(28)32-22)11-23-13-8-7-12-9-17(21(29)30-18(12)10-13)26-16-6-4-3-5-15(16)24-25-26/h3-11,23H,1-2H3. The van der Waals surface area contributed by atoms with Crippen LogP contribution in [0.5, 0.6) is 0 Å². The summed E-state index contributed by atoms with van der Waals surface area (Å²) in [6, 6.07) is 13.9. The van der Waals surface area contributed by atoms with Gasteiger partial charge >= 0.3 is 17.6 Å². The van der Waals surface area contributed by atoms with Crippen LogP contribution in [0.3, 0.4) is 0 Å². The summed E-state index contributed by atoms with van der Waals surface area (Å²) in [5, 5.41) is 11.6. The zero-order valence-electron chi connectivity index (χ0n) is 17.0. The molecule has 4 aromatic rings. The summed E-state index contributed by atoms with van der Waals surface area (Å²) in [5.41, 5.74) is 1.48. The number of nitrogens with one attached hydrogen (secondary N) is 1. The molecule has 0 spiro atoms. The summed E-state index contributed by atoms with van der Waals surface area (Å²) in [6.07, 6.45) is 1.19. The molecule has 2 aromatic carbocycles. The van der Waals surface area contributed by atoms with Crippen molar-refractivity contribution < 1.29 is 23.5 Å². The smallest absolute Gasteiger partial charge is 0.362 e. The number of nitrogens with zero attached hydrogens (tertiary/aromatic N) is 3. The lowest BCUT2D eigenvalue weighted by Crippen LogP contribution is -2.42. The number of hydrogen-bond acceptors (Lipinski definition) is 9. The zero-order chi connectivity index (χ0) is 22.5. The minimum absolute atomic E-state index is 0.226. The number of fused-ring (bicyclic) bond motifs is 2. The number of esters is 2. The average Bonchev–Trinajstić information content (AvgIpc) is 3.15. The van der Waals surface area contributed by atoms with Gasteiger partial charge in [-0.25, -0.2) is 19.1 Å². The van der Waals surface area contributed by atoms with E-state index >= 15 is 0 Å². The largest absolute Gasteiger partial charge is 0.421 e. The zero-order valence-corrected chi connectivity index (χ0v) is 17.0. The highest BCUT2D eigenvalue weighted by molar-refractivity contribution is 6.15. The van der Waals surface area contributed by atoms with Crippen LogP contribution in [-0.2, 0) is 19.1 Å². The summed E-state index contributed by atoms with van der Waals surface area (Å²) in [4.78, 5) is 36.7. The number of ether oxygens (including phenoxy) is 2. The fourth-order valence-corrected chi connectivity index (χ4v) is 3.32. The summed E-state index contributed by atoms with van der Waals surface area (Å²) >= 11 is 0. The lowest BCUT2D eigenvalue weighted by molar-refractivity contribution is -0.222. The normalized spacial score (nSPS) is 15.5. The Hall–Kier alpha value is -4.47. The Balaban J connectivity index is 1.47. The third kappa shape index (κ3) is 3.37. The van der Waals surface area contributed by atoms with Crippen LogP contribution in [0.15, 0.2) is 69.5 Å². The Kier molecular flexibility index (Phi) is 4.29. The van der Waals surface area contributed by atoms with Crippen LogP contribution < -0.4 is 10.9 Å². The van der Waals surface area contributed by atoms with Gasteiger partial charge in [0.25, 0.3) is 5.79 Å². The van der Waals surface area contributed by atoms with Gasteiger partial charge < -0.3 is 19.2 Å². The van der Waals surface area contributed by atoms with E-state index in [0.717, 1.165) is 0 Å². The Morgan fingerprint density at radius 1 is 1.00 bits per heavy atom. The molecule has 10 nitrogen and oxygen atoms in total. The molecule has 1 saturated heterocycles. The number of hydrogen-bond donors (Lipinski definition) is 1. The third-order valence-corrected chi connectivity index (χ3v) is 4.80. The first-order valence-electron chi connectivity index (χ1n) is 9.63. The summed E-state index contributed by atoms with van der Waals surface area (Å²) in [5.74, 6) is -2.91. The van der Waals surface area contributed by atoms with Crippen molar-refractivity contribution in [2.75, 3.05) is 5.32 Å². The molecule has 32 heavy (non-hydrogen) atoms. The van der Waals surface area contributed by atoms with E-state index < -0.39 is 23.4 Å². The number of cyclic esters (lactones) is 2. The van der Waals surface area contributed by atoms with E-state index in [-0.39, 0.29) is 11.3 Å². The van der Waals surface area contributed by atoms with Crippen LogP contribution in [0, 0.1) is 0 Å².